The summed E-state index contributed by atoms with van der Waals surface area (Å²) in [5.41, 5.74) is 7.05. The molecule has 0 aliphatic heterocycles. The minimum atomic E-state index is -0.308. The molecule has 3 N–H and O–H groups in total. The maximum Gasteiger partial charge on any atom is 0.161 e. The normalized spacial score (nSPS) is 14.2. The molecular weight excluding hydrogens is 254 g/mol. The highest BCUT2D eigenvalue weighted by Crippen LogP contribution is 2.32. The van der Waals surface area contributed by atoms with Crippen LogP contribution in [0.5, 0.6) is 5.75 Å². The van der Waals surface area contributed by atoms with E-state index in [0.717, 1.165) is 5.56 Å². The van der Waals surface area contributed by atoms with Crippen molar-refractivity contribution in [2.75, 3.05) is 0 Å². The number of rotatable bonds is 4. The van der Waals surface area contributed by atoms with Crippen LogP contribution in [0.15, 0.2) is 24.4 Å². The lowest BCUT2D eigenvalue weighted by molar-refractivity contribution is -0.111. The predicted molar refractivity (Wildman–Crippen MR) is 80.2 cm³/mol. The van der Waals surface area contributed by atoms with Crippen molar-refractivity contribution in [3.05, 3.63) is 35.5 Å². The van der Waals surface area contributed by atoms with E-state index in [4.69, 9.17) is 10.5 Å². The van der Waals surface area contributed by atoms with Gasteiger partial charge >= 0.3 is 0 Å². The van der Waals surface area contributed by atoms with E-state index in [1.807, 2.05) is 27.7 Å². The van der Waals surface area contributed by atoms with Crippen molar-refractivity contribution in [2.24, 2.45) is 5.73 Å². The molecule has 0 heterocycles. The van der Waals surface area contributed by atoms with Crippen LogP contribution in [0.4, 0.5) is 0 Å². The van der Waals surface area contributed by atoms with E-state index >= 15 is 0 Å². The van der Waals surface area contributed by atoms with Gasteiger partial charge in [0.1, 0.15) is 5.75 Å². The van der Waals surface area contributed by atoms with E-state index in [-0.39, 0.29) is 23.2 Å². The second-order valence-corrected chi connectivity index (χ2v) is 5.78. The number of phenolic OH excluding ortho intramolecular Hbond substituents is 1. The average Bonchev–Trinajstić information content (AvgIpc) is 2.26. The number of hydrogen-bond acceptors (Lipinski definition) is 4. The van der Waals surface area contributed by atoms with Crippen LogP contribution in [0.25, 0.3) is 5.57 Å². The molecule has 1 aromatic rings. The molecule has 1 aromatic carbocycles. The number of nitrogens with two attached hydrogens (primary N) is 1. The lowest BCUT2D eigenvalue weighted by Gasteiger charge is -2.27. The number of phenols is 1. The summed E-state index contributed by atoms with van der Waals surface area (Å²) >= 11 is 0. The molecule has 0 spiro atoms. The van der Waals surface area contributed by atoms with Crippen LogP contribution in [0.3, 0.4) is 0 Å². The fraction of sp³-hybridized carbons (Fsp3) is 0.438. The van der Waals surface area contributed by atoms with Crippen LogP contribution in [0.2, 0.25) is 0 Å². The van der Waals surface area contributed by atoms with Crippen LogP contribution in [0, 0.1) is 0 Å². The van der Waals surface area contributed by atoms with Crippen molar-refractivity contribution in [3.63, 3.8) is 0 Å². The number of benzene rings is 1. The van der Waals surface area contributed by atoms with E-state index in [1.165, 1.54) is 19.2 Å². The van der Waals surface area contributed by atoms with Gasteiger partial charge in [-0.25, -0.2) is 0 Å². The van der Waals surface area contributed by atoms with Gasteiger partial charge in [0.2, 0.25) is 0 Å². The van der Waals surface area contributed by atoms with Gasteiger partial charge in [-0.15, -0.1) is 0 Å². The molecule has 0 aromatic heterocycles. The van der Waals surface area contributed by atoms with Gasteiger partial charge in [-0.3, -0.25) is 4.79 Å². The Morgan fingerprint density at radius 1 is 1.40 bits per heavy atom. The molecule has 0 bridgehead atoms. The summed E-state index contributed by atoms with van der Waals surface area (Å²) in [5, 5.41) is 9.66. The molecule has 0 saturated carbocycles. The van der Waals surface area contributed by atoms with E-state index in [0.29, 0.717) is 11.1 Å². The number of aromatic hydroxyl groups is 1. The lowest BCUT2D eigenvalue weighted by Crippen LogP contribution is -2.22. The first-order valence-electron chi connectivity index (χ1n) is 6.59. The van der Waals surface area contributed by atoms with Crippen molar-refractivity contribution in [3.8, 4) is 5.75 Å². The highest BCUT2D eigenvalue weighted by Gasteiger charge is 2.21. The number of hydrogen-bond donors (Lipinski definition) is 2. The van der Waals surface area contributed by atoms with Gasteiger partial charge in [-0.05, 0) is 57.9 Å². The van der Waals surface area contributed by atoms with Crippen LogP contribution < -0.4 is 5.73 Å². The van der Waals surface area contributed by atoms with E-state index in [9.17, 15) is 9.90 Å². The van der Waals surface area contributed by atoms with Crippen LogP contribution in [0.1, 0.15) is 51.8 Å². The van der Waals surface area contributed by atoms with Gasteiger partial charge in [-0.2, -0.15) is 0 Å². The Bertz CT molecular complexity index is 527. The quantitative estimate of drug-likeness (QED) is 0.829. The Balaban J connectivity index is 3.30. The third kappa shape index (κ3) is 4.10. The molecule has 0 fully saturated rings. The monoisotopic (exact) mass is 277 g/mol. The summed E-state index contributed by atoms with van der Waals surface area (Å²) in [5.74, 6) is -0.0605. The van der Waals surface area contributed by atoms with Gasteiger partial charge in [-0.1, -0.05) is 6.07 Å². The number of carbonyl (C=O) groups is 1. The number of allylic oxidation sites excluding steroid dienone is 1. The van der Waals surface area contributed by atoms with E-state index in [1.54, 1.807) is 12.1 Å². The summed E-state index contributed by atoms with van der Waals surface area (Å²) in [6.07, 6.45) is 1.05. The van der Waals surface area contributed by atoms with Gasteiger partial charge in [0.15, 0.2) is 5.78 Å². The first kappa shape index (κ1) is 16.2. The zero-order chi connectivity index (χ0) is 15.5. The molecule has 0 aliphatic rings. The maximum absolute atomic E-state index is 11.7. The Morgan fingerprint density at radius 3 is 2.45 bits per heavy atom. The summed E-state index contributed by atoms with van der Waals surface area (Å²) in [6.45, 7) is 9.26. The zero-order valence-corrected chi connectivity index (χ0v) is 12.7. The molecule has 1 rings (SSSR count). The third-order valence-corrected chi connectivity index (χ3v) is 2.84. The number of Topliss-reactive ketones (excluding diaryl/α,β-unsaturated/α-hetero) is 1. The Labute approximate surface area is 120 Å². The fourth-order valence-corrected chi connectivity index (χ4v) is 2.12. The molecule has 1 atom stereocenters. The molecule has 0 saturated heterocycles. The second kappa shape index (κ2) is 6.09. The third-order valence-electron chi connectivity index (χ3n) is 2.84. The fourth-order valence-electron chi connectivity index (χ4n) is 2.12. The van der Waals surface area contributed by atoms with E-state index in [2.05, 4.69) is 0 Å². The smallest absolute Gasteiger partial charge is 0.161 e. The van der Waals surface area contributed by atoms with Gasteiger partial charge < -0.3 is 15.6 Å². The molecule has 20 heavy (non-hydrogen) atoms. The summed E-state index contributed by atoms with van der Waals surface area (Å²) in [6, 6.07) is 4.88. The standard InChI is InChI=1S/C16H23NO3/c1-10(18)15(9-17)14-8-12(19)6-7-13(14)11(2)20-16(3,4)5/h6-9,11,19H,17H2,1-5H3/b15-9-. The Hall–Kier alpha value is -1.81. The summed E-state index contributed by atoms with van der Waals surface area (Å²) < 4.78 is 5.92. The SMILES string of the molecule is CC(=O)/C(=C/N)c1cc(O)ccc1C(C)OC(C)(C)C. The molecule has 4 heteroatoms. The lowest BCUT2D eigenvalue weighted by atomic mass is 9.94. The maximum atomic E-state index is 11.7. The molecule has 0 aliphatic carbocycles. The molecule has 0 amide bonds. The Kier molecular flexibility index (Phi) is 4.95. The highest BCUT2D eigenvalue weighted by molar-refractivity contribution is 6.19. The predicted octanol–water partition coefficient (Wildman–Crippen LogP) is 3.16. The largest absolute Gasteiger partial charge is 0.508 e. The van der Waals surface area contributed by atoms with Crippen LogP contribution in [-0.4, -0.2) is 16.5 Å². The van der Waals surface area contributed by atoms with Crippen LogP contribution in [-0.2, 0) is 9.53 Å². The van der Waals surface area contributed by atoms with E-state index < -0.39 is 0 Å². The number of ketones is 1. The summed E-state index contributed by atoms with van der Waals surface area (Å²) in [7, 11) is 0. The van der Waals surface area contributed by atoms with Crippen molar-refractivity contribution >= 4 is 11.4 Å². The molecule has 1 unspecified atom stereocenters. The first-order valence-corrected chi connectivity index (χ1v) is 6.59. The second-order valence-electron chi connectivity index (χ2n) is 5.78. The minimum absolute atomic E-state index is 0.0901. The van der Waals surface area contributed by atoms with Crippen molar-refractivity contribution in [1.29, 1.82) is 0 Å². The first-order chi connectivity index (χ1) is 9.15. The molecule has 0 radical (unpaired) electrons. The topological polar surface area (TPSA) is 72.6 Å². The van der Waals surface area contributed by atoms with Crippen LogP contribution >= 0.6 is 0 Å². The number of ether oxygens (including phenoxy) is 1. The highest BCUT2D eigenvalue weighted by atomic mass is 16.5. The molecule has 4 nitrogen and oxygen atoms in total. The van der Waals surface area contributed by atoms with Gasteiger partial charge in [0, 0.05) is 11.8 Å². The van der Waals surface area contributed by atoms with Crippen molar-refractivity contribution < 1.29 is 14.6 Å². The molecular formula is C16H23NO3. The zero-order valence-electron chi connectivity index (χ0n) is 12.7. The summed E-state index contributed by atoms with van der Waals surface area (Å²) in [4.78, 5) is 11.7. The van der Waals surface area contributed by atoms with Gasteiger partial charge in [0.05, 0.1) is 11.7 Å². The average molecular weight is 277 g/mol. The number of carbonyl (C=O) groups excluding carboxylic acids is 1. The molecule has 110 valence electrons. The van der Waals surface area contributed by atoms with Crippen molar-refractivity contribution in [2.45, 2.75) is 46.3 Å². The minimum Gasteiger partial charge on any atom is -0.508 e. The van der Waals surface area contributed by atoms with Gasteiger partial charge in [0.25, 0.3) is 0 Å². The van der Waals surface area contributed by atoms with Crippen molar-refractivity contribution in [1.82, 2.24) is 0 Å². The Morgan fingerprint density at radius 2 is 2.00 bits per heavy atom.